The molecule has 2 aromatic carbocycles. The zero-order valence-electron chi connectivity index (χ0n) is 14.1. The molecule has 0 aromatic heterocycles. The van der Waals surface area contributed by atoms with Gasteiger partial charge in [-0.3, -0.25) is 4.79 Å². The number of thioether (sulfide) groups is 1. The molecule has 0 aliphatic carbocycles. The third kappa shape index (κ3) is 4.86. The molecule has 0 heterocycles. The van der Waals surface area contributed by atoms with E-state index in [1.807, 2.05) is 0 Å². The van der Waals surface area contributed by atoms with E-state index in [9.17, 15) is 9.59 Å². The Balaban J connectivity index is 1.90. The summed E-state index contributed by atoms with van der Waals surface area (Å²) in [5.41, 5.74) is 4.23. The van der Waals surface area contributed by atoms with Crippen molar-refractivity contribution in [1.29, 1.82) is 0 Å². The summed E-state index contributed by atoms with van der Waals surface area (Å²) in [6.45, 7) is 3.84. The third-order valence-electron chi connectivity index (χ3n) is 3.64. The van der Waals surface area contributed by atoms with E-state index in [1.54, 1.807) is 36.9 Å². The van der Waals surface area contributed by atoms with E-state index in [2.05, 4.69) is 36.5 Å². The Morgan fingerprint density at radius 3 is 2.46 bits per heavy atom. The highest BCUT2D eigenvalue weighted by Gasteiger charge is 2.13. The van der Waals surface area contributed by atoms with Gasteiger partial charge in [-0.1, -0.05) is 35.9 Å². The standard InChI is InChI=1S/C19H21NO3S/c1-13-7-9-15(10-8-13)11-24-12-18(21)20-17-6-4-5-16(14(17)2)19(22)23-3/h4-10H,11-12H2,1-3H3,(H,20,21). The number of ether oxygens (including phenoxy) is 1. The fraction of sp³-hybridized carbons (Fsp3) is 0.263. The lowest BCUT2D eigenvalue weighted by Crippen LogP contribution is -2.16. The van der Waals surface area contributed by atoms with Gasteiger partial charge in [0, 0.05) is 11.4 Å². The zero-order chi connectivity index (χ0) is 17.5. The first kappa shape index (κ1) is 18.1. The van der Waals surface area contributed by atoms with Gasteiger partial charge in [-0.15, -0.1) is 11.8 Å². The number of carbonyl (C=O) groups is 2. The molecule has 24 heavy (non-hydrogen) atoms. The molecule has 5 heteroatoms. The van der Waals surface area contributed by atoms with Gasteiger partial charge >= 0.3 is 5.97 Å². The third-order valence-corrected chi connectivity index (χ3v) is 4.64. The van der Waals surface area contributed by atoms with Gasteiger partial charge in [-0.05, 0) is 37.1 Å². The number of benzene rings is 2. The summed E-state index contributed by atoms with van der Waals surface area (Å²) < 4.78 is 4.74. The summed E-state index contributed by atoms with van der Waals surface area (Å²) in [5.74, 6) is 0.652. The van der Waals surface area contributed by atoms with Crippen LogP contribution in [0.15, 0.2) is 42.5 Å². The normalized spacial score (nSPS) is 10.3. The molecular weight excluding hydrogens is 322 g/mol. The number of esters is 1. The van der Waals surface area contributed by atoms with Crippen molar-refractivity contribution in [1.82, 2.24) is 0 Å². The maximum absolute atomic E-state index is 12.1. The van der Waals surface area contributed by atoms with Crippen molar-refractivity contribution in [3.63, 3.8) is 0 Å². The fourth-order valence-electron chi connectivity index (χ4n) is 2.23. The summed E-state index contributed by atoms with van der Waals surface area (Å²) in [4.78, 5) is 23.8. The van der Waals surface area contributed by atoms with Crippen molar-refractivity contribution < 1.29 is 14.3 Å². The van der Waals surface area contributed by atoms with Crippen LogP contribution in [-0.4, -0.2) is 24.7 Å². The van der Waals surface area contributed by atoms with Crippen LogP contribution in [0.25, 0.3) is 0 Å². The molecule has 0 atom stereocenters. The van der Waals surface area contributed by atoms with Crippen molar-refractivity contribution in [2.45, 2.75) is 19.6 Å². The summed E-state index contributed by atoms with van der Waals surface area (Å²) in [7, 11) is 1.34. The van der Waals surface area contributed by atoms with Gasteiger partial charge in [-0.25, -0.2) is 4.79 Å². The number of hydrogen-bond donors (Lipinski definition) is 1. The number of methoxy groups -OCH3 is 1. The average molecular weight is 343 g/mol. The zero-order valence-corrected chi connectivity index (χ0v) is 14.9. The molecule has 0 bridgehead atoms. The smallest absolute Gasteiger partial charge is 0.338 e. The SMILES string of the molecule is COC(=O)c1cccc(NC(=O)CSCc2ccc(C)cc2)c1C. The Hall–Kier alpha value is -2.27. The highest BCUT2D eigenvalue weighted by Crippen LogP contribution is 2.20. The van der Waals surface area contributed by atoms with Crippen LogP contribution in [0.4, 0.5) is 5.69 Å². The topological polar surface area (TPSA) is 55.4 Å². The van der Waals surface area contributed by atoms with Crippen LogP contribution in [0.3, 0.4) is 0 Å². The molecular formula is C19H21NO3S. The number of carbonyl (C=O) groups excluding carboxylic acids is 2. The molecule has 126 valence electrons. The molecule has 0 aliphatic rings. The highest BCUT2D eigenvalue weighted by atomic mass is 32.2. The van der Waals surface area contributed by atoms with Crippen LogP contribution < -0.4 is 5.32 Å². The van der Waals surface area contributed by atoms with E-state index in [0.717, 1.165) is 5.75 Å². The Labute approximate surface area is 146 Å². The fourth-order valence-corrected chi connectivity index (χ4v) is 3.02. The quantitative estimate of drug-likeness (QED) is 0.807. The van der Waals surface area contributed by atoms with Gasteiger partial charge in [0.15, 0.2) is 0 Å². The van der Waals surface area contributed by atoms with Crippen molar-refractivity contribution in [2.75, 3.05) is 18.2 Å². The van der Waals surface area contributed by atoms with Crippen molar-refractivity contribution in [2.24, 2.45) is 0 Å². The Morgan fingerprint density at radius 2 is 1.79 bits per heavy atom. The summed E-state index contributed by atoms with van der Waals surface area (Å²) in [6.07, 6.45) is 0. The maximum Gasteiger partial charge on any atom is 0.338 e. The van der Waals surface area contributed by atoms with Crippen molar-refractivity contribution in [3.8, 4) is 0 Å². The number of anilines is 1. The first-order valence-electron chi connectivity index (χ1n) is 7.62. The Kier molecular flexibility index (Phi) is 6.44. The summed E-state index contributed by atoms with van der Waals surface area (Å²) in [5, 5.41) is 2.86. The molecule has 0 unspecified atom stereocenters. The van der Waals surface area contributed by atoms with Crippen LogP contribution in [-0.2, 0) is 15.3 Å². The molecule has 2 rings (SSSR count). The van der Waals surface area contributed by atoms with E-state index in [0.29, 0.717) is 22.6 Å². The minimum Gasteiger partial charge on any atom is -0.465 e. The Morgan fingerprint density at radius 1 is 1.08 bits per heavy atom. The van der Waals surface area contributed by atoms with Gasteiger partial charge in [0.05, 0.1) is 18.4 Å². The molecule has 2 aromatic rings. The molecule has 4 nitrogen and oxygen atoms in total. The number of nitrogens with one attached hydrogen (secondary N) is 1. The average Bonchev–Trinajstić information content (AvgIpc) is 2.58. The number of amides is 1. The second-order valence-corrected chi connectivity index (χ2v) is 6.48. The van der Waals surface area contributed by atoms with Crippen LogP contribution in [0.1, 0.15) is 27.0 Å². The van der Waals surface area contributed by atoms with Gasteiger partial charge < -0.3 is 10.1 Å². The van der Waals surface area contributed by atoms with Crippen molar-refractivity contribution >= 4 is 29.3 Å². The van der Waals surface area contributed by atoms with Crippen LogP contribution >= 0.6 is 11.8 Å². The highest BCUT2D eigenvalue weighted by molar-refractivity contribution is 7.99. The molecule has 0 aliphatic heterocycles. The van der Waals surface area contributed by atoms with E-state index >= 15 is 0 Å². The first-order chi connectivity index (χ1) is 11.5. The van der Waals surface area contributed by atoms with E-state index in [4.69, 9.17) is 4.74 Å². The predicted molar refractivity (Wildman–Crippen MR) is 98.5 cm³/mol. The van der Waals surface area contributed by atoms with Crippen LogP contribution in [0.2, 0.25) is 0 Å². The van der Waals surface area contributed by atoms with Crippen LogP contribution in [0.5, 0.6) is 0 Å². The van der Waals surface area contributed by atoms with E-state index < -0.39 is 5.97 Å². The molecule has 1 amide bonds. The lowest BCUT2D eigenvalue weighted by atomic mass is 10.1. The predicted octanol–water partition coefficient (Wildman–Crippen LogP) is 3.96. The second-order valence-electron chi connectivity index (χ2n) is 5.50. The van der Waals surface area contributed by atoms with Gasteiger partial charge in [0.25, 0.3) is 0 Å². The van der Waals surface area contributed by atoms with E-state index in [-0.39, 0.29) is 5.91 Å². The molecule has 0 spiro atoms. The van der Waals surface area contributed by atoms with Gasteiger partial charge in [0.2, 0.25) is 5.91 Å². The van der Waals surface area contributed by atoms with Crippen LogP contribution in [0, 0.1) is 13.8 Å². The molecule has 0 saturated heterocycles. The Bertz CT molecular complexity index is 726. The second kappa shape index (κ2) is 8.55. The first-order valence-corrected chi connectivity index (χ1v) is 8.78. The van der Waals surface area contributed by atoms with E-state index in [1.165, 1.54) is 18.2 Å². The summed E-state index contributed by atoms with van der Waals surface area (Å²) >= 11 is 1.56. The minimum atomic E-state index is -0.405. The van der Waals surface area contributed by atoms with Gasteiger partial charge in [-0.2, -0.15) is 0 Å². The lowest BCUT2D eigenvalue weighted by Gasteiger charge is -2.11. The number of hydrogen-bond acceptors (Lipinski definition) is 4. The van der Waals surface area contributed by atoms with Crippen molar-refractivity contribution in [3.05, 3.63) is 64.7 Å². The largest absolute Gasteiger partial charge is 0.465 e. The minimum absolute atomic E-state index is 0.0859. The van der Waals surface area contributed by atoms with Gasteiger partial charge in [0.1, 0.15) is 0 Å². The lowest BCUT2D eigenvalue weighted by molar-refractivity contribution is -0.113. The molecule has 0 radical (unpaired) electrons. The summed E-state index contributed by atoms with van der Waals surface area (Å²) in [6, 6.07) is 13.5. The monoisotopic (exact) mass is 343 g/mol. The number of rotatable bonds is 6. The molecule has 0 saturated carbocycles. The maximum atomic E-state index is 12.1. The molecule has 1 N–H and O–H groups in total. The molecule has 0 fully saturated rings. The number of aryl methyl sites for hydroxylation is 1.